The van der Waals surface area contributed by atoms with E-state index in [0.717, 1.165) is 70.6 Å². The highest BCUT2D eigenvalue weighted by Gasteiger charge is 2.27. The van der Waals surface area contributed by atoms with Crippen molar-refractivity contribution < 1.29 is 47.2 Å². The molecule has 0 heterocycles. The summed E-state index contributed by atoms with van der Waals surface area (Å²) < 4.78 is 34.2. The molecule has 0 aliphatic rings. The fourth-order valence-corrected chi connectivity index (χ4v) is 6.25. The normalized spacial score (nSPS) is 14.7. The molecule has 0 spiro atoms. The van der Waals surface area contributed by atoms with E-state index >= 15 is 0 Å². The number of likely N-dealkylation sites (N-methyl/N-ethyl adjacent to an activating group) is 1. The van der Waals surface area contributed by atoms with Crippen LogP contribution in [0.25, 0.3) is 0 Å². The van der Waals surface area contributed by atoms with Gasteiger partial charge in [0, 0.05) is 12.8 Å². The second-order valence-corrected chi connectivity index (χ2v) is 17.3. The Hall–Kier alpha value is -2.33. The fraction of sp³-hybridized carbons (Fsp3) is 0.739. The number of rotatable bonds is 39. The smallest absolute Gasteiger partial charge is 0.462 e. The third-order valence-corrected chi connectivity index (χ3v) is 10.2. The molecule has 3 atom stereocenters. The summed E-state index contributed by atoms with van der Waals surface area (Å²) in [5.41, 5.74) is 0. The molecule has 0 radical (unpaired) electrons. The van der Waals surface area contributed by atoms with Crippen molar-refractivity contribution in [3.63, 3.8) is 0 Å². The van der Waals surface area contributed by atoms with E-state index in [4.69, 9.17) is 18.5 Å². The second-order valence-electron chi connectivity index (χ2n) is 15.9. The van der Waals surface area contributed by atoms with Crippen LogP contribution in [0.1, 0.15) is 162 Å². The number of aliphatic hydroxyl groups excluding tert-OH is 1. The Morgan fingerprint density at radius 2 is 1.11 bits per heavy atom. The Bertz CT molecular complexity index is 1170. The van der Waals surface area contributed by atoms with Crippen molar-refractivity contribution >= 4 is 19.8 Å². The Kier molecular flexibility index (Phi) is 36.4. The summed E-state index contributed by atoms with van der Waals surface area (Å²) in [5, 5.41) is 9.56. The van der Waals surface area contributed by atoms with Crippen molar-refractivity contribution in [2.24, 2.45) is 0 Å². The Morgan fingerprint density at radius 3 is 1.68 bits per heavy atom. The fourth-order valence-electron chi connectivity index (χ4n) is 5.51. The minimum absolute atomic E-state index is 0.0143. The second kappa shape index (κ2) is 37.9. The topological polar surface area (TPSA) is 129 Å². The van der Waals surface area contributed by atoms with Gasteiger partial charge < -0.3 is 24.0 Å². The molecule has 330 valence electrons. The van der Waals surface area contributed by atoms with Gasteiger partial charge in [-0.05, 0) is 83.5 Å². The molecular weight excluding hydrogens is 741 g/mol. The Labute approximate surface area is 348 Å². The first-order chi connectivity index (χ1) is 27.4. The number of phosphoric ester groups is 1. The summed E-state index contributed by atoms with van der Waals surface area (Å²) >= 11 is 0. The summed E-state index contributed by atoms with van der Waals surface area (Å²) in [6, 6.07) is 0. The molecular formula is C46H83NO9P+. The standard InChI is InChI=1S/C46H82NO9P/c1-6-8-9-10-11-12-13-14-15-20-23-26-29-32-35-38-46(50)56-44(42-55-57(51,52)54-40-39-47(3,4)5)41-53-45(49)37-34-31-28-25-22-19-17-16-18-21-24-27-30-33-36-43(48)7-2/h12-13,17-19,21,25,27-28,30,43-44,48H,6-11,14-16,20,22-24,26,29,31-42H2,1-5H3/p+1/b13-12-,19-17-,21-18-,28-25-,30-27-/t43-,44+/m0/s1. The number of nitrogens with zero attached hydrogens (tertiary/aromatic N) is 1. The van der Waals surface area contributed by atoms with Crippen LogP contribution >= 0.6 is 7.82 Å². The highest BCUT2D eigenvalue weighted by atomic mass is 31.2. The molecule has 0 saturated carbocycles. The highest BCUT2D eigenvalue weighted by molar-refractivity contribution is 7.47. The van der Waals surface area contributed by atoms with E-state index in [-0.39, 0.29) is 32.2 Å². The summed E-state index contributed by atoms with van der Waals surface area (Å²) in [6.45, 7) is 4.04. The number of hydrogen-bond donors (Lipinski definition) is 2. The summed E-state index contributed by atoms with van der Waals surface area (Å²) in [4.78, 5) is 35.3. The molecule has 2 N–H and O–H groups in total. The number of phosphoric acid groups is 1. The number of aliphatic hydroxyl groups is 1. The van der Waals surface area contributed by atoms with Crippen molar-refractivity contribution in [2.45, 2.75) is 174 Å². The van der Waals surface area contributed by atoms with Crippen LogP contribution in [0.4, 0.5) is 0 Å². The minimum atomic E-state index is -4.40. The maximum atomic E-state index is 12.7. The molecule has 10 nitrogen and oxygen atoms in total. The Balaban J connectivity index is 4.47. The predicted octanol–water partition coefficient (Wildman–Crippen LogP) is 11.4. The number of carbonyl (C=O) groups excluding carboxylic acids is 2. The summed E-state index contributed by atoms with van der Waals surface area (Å²) in [5.74, 6) is -0.892. The van der Waals surface area contributed by atoms with Crippen molar-refractivity contribution in [3.05, 3.63) is 60.8 Å². The van der Waals surface area contributed by atoms with Crippen molar-refractivity contribution in [3.8, 4) is 0 Å². The number of allylic oxidation sites excluding steroid dienone is 10. The molecule has 11 heteroatoms. The third kappa shape index (κ3) is 41.6. The van der Waals surface area contributed by atoms with E-state index in [2.05, 4.69) is 61.6 Å². The van der Waals surface area contributed by atoms with E-state index in [1.165, 1.54) is 51.4 Å². The van der Waals surface area contributed by atoms with Gasteiger partial charge in [0.25, 0.3) is 0 Å². The lowest BCUT2D eigenvalue weighted by atomic mass is 10.1. The maximum absolute atomic E-state index is 12.7. The average Bonchev–Trinajstić information content (AvgIpc) is 3.16. The molecule has 0 saturated heterocycles. The molecule has 0 aliphatic carbocycles. The van der Waals surface area contributed by atoms with Gasteiger partial charge in [0.1, 0.15) is 19.8 Å². The van der Waals surface area contributed by atoms with Crippen molar-refractivity contribution in [1.82, 2.24) is 0 Å². The minimum Gasteiger partial charge on any atom is -0.462 e. The van der Waals surface area contributed by atoms with Crippen LogP contribution in [0, 0.1) is 0 Å². The zero-order valence-corrected chi connectivity index (χ0v) is 37.6. The molecule has 0 aromatic heterocycles. The van der Waals surface area contributed by atoms with E-state index < -0.39 is 32.5 Å². The van der Waals surface area contributed by atoms with Crippen LogP contribution in [-0.2, 0) is 32.7 Å². The van der Waals surface area contributed by atoms with Crippen LogP contribution in [0.3, 0.4) is 0 Å². The first-order valence-electron chi connectivity index (χ1n) is 22.1. The van der Waals surface area contributed by atoms with Gasteiger partial charge in [0.15, 0.2) is 6.10 Å². The highest BCUT2D eigenvalue weighted by Crippen LogP contribution is 2.43. The van der Waals surface area contributed by atoms with E-state index in [1.54, 1.807) is 0 Å². The summed E-state index contributed by atoms with van der Waals surface area (Å²) in [6.07, 6.45) is 42.1. The number of hydrogen-bond acceptors (Lipinski definition) is 8. The zero-order valence-electron chi connectivity index (χ0n) is 36.7. The Morgan fingerprint density at radius 1 is 0.614 bits per heavy atom. The van der Waals surface area contributed by atoms with Crippen LogP contribution in [0.5, 0.6) is 0 Å². The van der Waals surface area contributed by atoms with E-state index in [1.807, 2.05) is 34.1 Å². The quantitative estimate of drug-likeness (QED) is 0.0205. The average molecular weight is 825 g/mol. The van der Waals surface area contributed by atoms with Crippen LogP contribution in [0.15, 0.2) is 60.8 Å². The number of quaternary nitrogens is 1. The molecule has 0 aromatic rings. The van der Waals surface area contributed by atoms with Crippen LogP contribution in [0.2, 0.25) is 0 Å². The van der Waals surface area contributed by atoms with Gasteiger partial charge >= 0.3 is 19.8 Å². The first kappa shape index (κ1) is 54.7. The van der Waals surface area contributed by atoms with Gasteiger partial charge in [0.05, 0.1) is 33.9 Å². The molecule has 0 amide bonds. The lowest BCUT2D eigenvalue weighted by Gasteiger charge is -2.24. The molecule has 0 bridgehead atoms. The number of carbonyl (C=O) groups is 2. The van der Waals surface area contributed by atoms with E-state index in [9.17, 15) is 24.2 Å². The summed E-state index contributed by atoms with van der Waals surface area (Å²) in [7, 11) is 1.42. The molecule has 0 rings (SSSR count). The number of unbranched alkanes of at least 4 members (excludes halogenated alkanes) is 12. The van der Waals surface area contributed by atoms with Gasteiger partial charge in [-0.1, -0.05) is 126 Å². The molecule has 0 aliphatic heterocycles. The molecule has 57 heavy (non-hydrogen) atoms. The molecule has 0 aromatic carbocycles. The van der Waals surface area contributed by atoms with Gasteiger partial charge in [-0.25, -0.2) is 4.57 Å². The monoisotopic (exact) mass is 825 g/mol. The van der Waals surface area contributed by atoms with E-state index in [0.29, 0.717) is 23.9 Å². The van der Waals surface area contributed by atoms with Gasteiger partial charge in [-0.3, -0.25) is 18.6 Å². The van der Waals surface area contributed by atoms with Crippen LogP contribution in [-0.4, -0.2) is 86.1 Å². The largest absolute Gasteiger partial charge is 0.472 e. The van der Waals surface area contributed by atoms with Gasteiger partial charge in [0.2, 0.25) is 0 Å². The van der Waals surface area contributed by atoms with Gasteiger partial charge in [-0.15, -0.1) is 0 Å². The maximum Gasteiger partial charge on any atom is 0.472 e. The first-order valence-corrected chi connectivity index (χ1v) is 23.6. The third-order valence-electron chi connectivity index (χ3n) is 9.18. The number of ether oxygens (including phenoxy) is 2. The number of esters is 2. The van der Waals surface area contributed by atoms with Crippen molar-refractivity contribution in [1.29, 1.82) is 0 Å². The lowest BCUT2D eigenvalue weighted by Crippen LogP contribution is -2.37. The molecule has 1 unspecified atom stereocenters. The predicted molar refractivity (Wildman–Crippen MR) is 235 cm³/mol. The van der Waals surface area contributed by atoms with Crippen molar-refractivity contribution in [2.75, 3.05) is 47.5 Å². The zero-order chi connectivity index (χ0) is 42.3. The van der Waals surface area contributed by atoms with Crippen LogP contribution < -0.4 is 0 Å². The SMILES string of the molecule is CCCCCC/C=C\CCCCCCCCCC(=O)O[C@H](COC(=O)CCC/C=C\C/C=C\C/C=C\C/C=C\CC[C@@H](O)CC)COP(=O)(O)OCC[N+](C)(C)C. The molecule has 0 fully saturated rings. The lowest BCUT2D eigenvalue weighted by molar-refractivity contribution is -0.870. The van der Waals surface area contributed by atoms with Gasteiger partial charge in [-0.2, -0.15) is 0 Å².